The average molecular weight is 391 g/mol. The number of β-amino-alcohol motifs (C(OH)–C–C–N with tert-alkyl or cyclic N) is 1. The van der Waals surface area contributed by atoms with Crippen molar-refractivity contribution in [3.8, 4) is 0 Å². The number of hydrogen-bond donors (Lipinski definition) is 1. The van der Waals surface area contributed by atoms with Gasteiger partial charge in [-0.1, -0.05) is 20.8 Å². The predicted octanol–water partition coefficient (Wildman–Crippen LogP) is 3.54. The molecule has 1 saturated heterocycles. The molecule has 4 rings (SSSR count). The van der Waals surface area contributed by atoms with Gasteiger partial charge in [0.25, 0.3) is 0 Å². The minimum atomic E-state index is -0.441. The molecule has 2 bridgehead atoms. The lowest BCUT2D eigenvalue weighted by Gasteiger charge is -2.39. The van der Waals surface area contributed by atoms with Crippen molar-refractivity contribution in [2.24, 2.45) is 16.7 Å². The Bertz CT molecular complexity index is 672. The van der Waals surface area contributed by atoms with Crippen LogP contribution in [0.4, 0.5) is 10.1 Å². The first-order valence-corrected chi connectivity index (χ1v) is 10.8. The van der Waals surface area contributed by atoms with Crippen LogP contribution in [0.1, 0.15) is 40.0 Å². The smallest absolute Gasteiger partial charge is 0.123 e. The van der Waals surface area contributed by atoms with E-state index in [4.69, 9.17) is 4.74 Å². The highest BCUT2D eigenvalue weighted by Crippen LogP contribution is 2.66. The van der Waals surface area contributed by atoms with Crippen LogP contribution in [-0.2, 0) is 4.74 Å². The summed E-state index contributed by atoms with van der Waals surface area (Å²) >= 11 is 0. The molecule has 28 heavy (non-hydrogen) atoms. The van der Waals surface area contributed by atoms with Gasteiger partial charge in [0.15, 0.2) is 0 Å². The van der Waals surface area contributed by atoms with Gasteiger partial charge in [-0.2, -0.15) is 0 Å². The van der Waals surface area contributed by atoms with Gasteiger partial charge in [0.1, 0.15) is 5.82 Å². The van der Waals surface area contributed by atoms with Gasteiger partial charge in [0.2, 0.25) is 0 Å². The Balaban J connectivity index is 1.21. The minimum Gasteiger partial charge on any atom is -0.389 e. The summed E-state index contributed by atoms with van der Waals surface area (Å²) in [5.74, 6) is 0.567. The third-order valence-electron chi connectivity index (χ3n) is 8.24. The van der Waals surface area contributed by atoms with E-state index in [1.807, 2.05) is 12.1 Å². The first kappa shape index (κ1) is 20.1. The second-order valence-electron chi connectivity index (χ2n) is 9.85. The van der Waals surface area contributed by atoms with Crippen LogP contribution in [0.2, 0.25) is 0 Å². The fraction of sp³-hybridized carbons (Fsp3) is 0.739. The maximum Gasteiger partial charge on any atom is 0.123 e. The molecule has 0 spiro atoms. The minimum absolute atomic E-state index is 0.196. The quantitative estimate of drug-likeness (QED) is 0.806. The van der Waals surface area contributed by atoms with E-state index in [0.29, 0.717) is 18.6 Å². The summed E-state index contributed by atoms with van der Waals surface area (Å²) in [6, 6.07) is 6.71. The molecule has 0 unspecified atom stereocenters. The Morgan fingerprint density at radius 2 is 1.82 bits per heavy atom. The number of aliphatic hydroxyl groups is 1. The van der Waals surface area contributed by atoms with Gasteiger partial charge < -0.3 is 14.7 Å². The topological polar surface area (TPSA) is 35.9 Å². The lowest BCUT2D eigenvalue weighted by molar-refractivity contribution is -0.0794. The number of nitrogens with zero attached hydrogens (tertiary/aromatic N) is 2. The second kappa shape index (κ2) is 7.58. The Kier molecular flexibility index (Phi) is 5.45. The van der Waals surface area contributed by atoms with Gasteiger partial charge >= 0.3 is 0 Å². The molecule has 1 aliphatic heterocycles. The normalized spacial score (nSPS) is 33.4. The lowest BCUT2D eigenvalue weighted by Crippen LogP contribution is -2.49. The van der Waals surface area contributed by atoms with Gasteiger partial charge in [0, 0.05) is 38.4 Å². The highest BCUT2D eigenvalue weighted by Gasteiger charge is 2.61. The molecule has 0 aromatic heterocycles. The van der Waals surface area contributed by atoms with E-state index >= 15 is 0 Å². The highest BCUT2D eigenvalue weighted by molar-refractivity contribution is 5.46. The van der Waals surface area contributed by atoms with Crippen molar-refractivity contribution < 1.29 is 14.2 Å². The Labute approximate surface area is 168 Å². The molecule has 4 atom stereocenters. The maximum absolute atomic E-state index is 13.1. The summed E-state index contributed by atoms with van der Waals surface area (Å²) in [6.07, 6.45) is 3.56. The van der Waals surface area contributed by atoms with E-state index in [0.717, 1.165) is 44.2 Å². The molecule has 3 fully saturated rings. The largest absolute Gasteiger partial charge is 0.389 e. The van der Waals surface area contributed by atoms with Gasteiger partial charge in [0.05, 0.1) is 18.8 Å². The van der Waals surface area contributed by atoms with Crippen LogP contribution in [0, 0.1) is 22.6 Å². The number of piperazine rings is 1. The zero-order valence-corrected chi connectivity index (χ0v) is 17.5. The van der Waals surface area contributed by atoms with Crippen molar-refractivity contribution in [1.82, 2.24) is 4.90 Å². The van der Waals surface area contributed by atoms with Crippen molar-refractivity contribution >= 4 is 5.69 Å². The van der Waals surface area contributed by atoms with Crippen LogP contribution >= 0.6 is 0 Å². The number of ether oxygens (including phenoxy) is 1. The highest BCUT2D eigenvalue weighted by atomic mass is 19.1. The summed E-state index contributed by atoms with van der Waals surface area (Å²) in [7, 11) is 0. The Morgan fingerprint density at radius 1 is 1.14 bits per heavy atom. The number of rotatable bonds is 6. The molecule has 156 valence electrons. The van der Waals surface area contributed by atoms with Gasteiger partial charge in [-0.05, 0) is 60.3 Å². The maximum atomic E-state index is 13.1. The first-order valence-electron chi connectivity index (χ1n) is 10.8. The van der Waals surface area contributed by atoms with Crippen LogP contribution in [0.25, 0.3) is 0 Å². The zero-order valence-electron chi connectivity index (χ0n) is 17.5. The van der Waals surface area contributed by atoms with E-state index < -0.39 is 6.10 Å². The van der Waals surface area contributed by atoms with Crippen LogP contribution in [0.3, 0.4) is 0 Å². The fourth-order valence-electron chi connectivity index (χ4n) is 5.80. The molecule has 1 N–H and O–H groups in total. The predicted molar refractivity (Wildman–Crippen MR) is 110 cm³/mol. The fourth-order valence-corrected chi connectivity index (χ4v) is 5.80. The Morgan fingerprint density at radius 3 is 2.39 bits per heavy atom. The third kappa shape index (κ3) is 3.57. The van der Waals surface area contributed by atoms with Crippen LogP contribution in [0.5, 0.6) is 0 Å². The van der Waals surface area contributed by atoms with Crippen molar-refractivity contribution in [1.29, 1.82) is 0 Å². The van der Waals surface area contributed by atoms with Gasteiger partial charge in [-0.25, -0.2) is 4.39 Å². The molecular weight excluding hydrogens is 355 g/mol. The summed E-state index contributed by atoms with van der Waals surface area (Å²) in [6.45, 7) is 11.9. The van der Waals surface area contributed by atoms with Crippen molar-refractivity contribution in [3.63, 3.8) is 0 Å². The summed E-state index contributed by atoms with van der Waals surface area (Å²) < 4.78 is 19.4. The number of fused-ring (bicyclic) bond motifs is 2. The number of halogens is 1. The molecule has 3 aliphatic rings. The molecule has 5 heteroatoms. The molecule has 1 heterocycles. The molecule has 0 radical (unpaired) electrons. The Hall–Kier alpha value is -1.17. The second-order valence-corrected chi connectivity index (χ2v) is 9.85. The van der Waals surface area contributed by atoms with Gasteiger partial charge in [-0.15, -0.1) is 0 Å². The van der Waals surface area contributed by atoms with E-state index in [1.54, 1.807) is 0 Å². The number of hydrogen-bond acceptors (Lipinski definition) is 4. The molecule has 2 aliphatic carbocycles. The van der Waals surface area contributed by atoms with E-state index in [-0.39, 0.29) is 17.3 Å². The van der Waals surface area contributed by atoms with Crippen LogP contribution in [0.15, 0.2) is 24.3 Å². The average Bonchev–Trinajstić information content (AvgIpc) is 3.01. The van der Waals surface area contributed by atoms with Crippen molar-refractivity contribution in [2.45, 2.75) is 52.2 Å². The third-order valence-corrected chi connectivity index (χ3v) is 8.24. The number of benzene rings is 1. The molecular formula is C23H35FN2O2. The van der Waals surface area contributed by atoms with Crippen LogP contribution < -0.4 is 4.90 Å². The molecule has 1 aromatic carbocycles. The van der Waals surface area contributed by atoms with E-state index in [2.05, 4.69) is 30.6 Å². The first-order chi connectivity index (χ1) is 13.3. The monoisotopic (exact) mass is 390 g/mol. The lowest BCUT2D eigenvalue weighted by atomic mass is 9.70. The van der Waals surface area contributed by atoms with Crippen LogP contribution in [-0.4, -0.2) is 61.5 Å². The number of anilines is 1. The SMILES string of the molecule is CC1(C)[C@H]2CC[C@]1(C)[C@H](OC[C@H](O)CN1CCN(c3ccc(F)cc3)CC1)C2. The summed E-state index contributed by atoms with van der Waals surface area (Å²) in [5.41, 5.74) is 1.66. The standard InChI is InChI=1S/C23H35FN2O2/c1-22(2)17-8-9-23(22,3)21(14-17)28-16-20(27)15-25-10-12-26(13-11-25)19-6-4-18(24)5-7-19/h4-7,17,20-21,27H,8-16H2,1-3H3/t17-,20+,21+,23+/m0/s1. The molecule has 4 nitrogen and oxygen atoms in total. The number of aliphatic hydroxyl groups excluding tert-OH is 1. The van der Waals surface area contributed by atoms with E-state index in [1.165, 1.54) is 25.0 Å². The van der Waals surface area contributed by atoms with E-state index in [9.17, 15) is 9.50 Å². The molecule has 1 aromatic rings. The van der Waals surface area contributed by atoms with Gasteiger partial charge in [-0.3, -0.25) is 4.90 Å². The molecule has 0 amide bonds. The van der Waals surface area contributed by atoms with Crippen molar-refractivity contribution in [2.75, 3.05) is 44.2 Å². The molecule has 2 saturated carbocycles. The van der Waals surface area contributed by atoms with Crippen molar-refractivity contribution in [3.05, 3.63) is 30.1 Å². The summed E-state index contributed by atoms with van der Waals surface area (Å²) in [4.78, 5) is 4.58. The summed E-state index contributed by atoms with van der Waals surface area (Å²) in [5, 5.41) is 10.5. The zero-order chi connectivity index (χ0) is 19.9.